The molecule has 1 N–H and O–H groups in total. The van der Waals surface area contributed by atoms with Crippen LogP contribution in [0.3, 0.4) is 0 Å². The lowest BCUT2D eigenvalue weighted by atomic mass is 9.98. The van der Waals surface area contributed by atoms with Crippen LogP contribution in [0.25, 0.3) is 0 Å². The van der Waals surface area contributed by atoms with Crippen molar-refractivity contribution in [3.8, 4) is 5.75 Å². The van der Waals surface area contributed by atoms with Crippen molar-refractivity contribution in [1.29, 1.82) is 0 Å². The standard InChI is InChI=1S/C16H12BrNO3/c1-9-6-11(17)3-4-12(9)16(20)10-2-5-14-13(7-10)18-15(19)8-21-14/h2-7H,8H2,1H3,(H,18,19). The van der Waals surface area contributed by atoms with Gasteiger partial charge in [-0.05, 0) is 48.9 Å². The number of aryl methyl sites for hydroxylation is 1. The smallest absolute Gasteiger partial charge is 0.262 e. The lowest BCUT2D eigenvalue weighted by Crippen LogP contribution is -2.25. The number of ether oxygens (including phenoxy) is 1. The van der Waals surface area contributed by atoms with Gasteiger partial charge in [0.15, 0.2) is 12.4 Å². The van der Waals surface area contributed by atoms with Crippen molar-refractivity contribution in [3.63, 3.8) is 0 Å². The minimum Gasteiger partial charge on any atom is -0.482 e. The quantitative estimate of drug-likeness (QED) is 0.849. The SMILES string of the molecule is Cc1cc(Br)ccc1C(=O)c1ccc2c(c1)NC(=O)CO2. The zero-order valence-electron chi connectivity index (χ0n) is 11.3. The summed E-state index contributed by atoms with van der Waals surface area (Å²) in [7, 11) is 0. The van der Waals surface area contributed by atoms with Crippen LogP contribution in [0.2, 0.25) is 0 Å². The van der Waals surface area contributed by atoms with Gasteiger partial charge in [0.2, 0.25) is 0 Å². The summed E-state index contributed by atoms with van der Waals surface area (Å²) in [6, 6.07) is 10.6. The summed E-state index contributed by atoms with van der Waals surface area (Å²) in [4.78, 5) is 23.9. The van der Waals surface area contributed by atoms with E-state index in [1.165, 1.54) is 0 Å². The molecule has 0 aliphatic carbocycles. The number of hydrogen-bond donors (Lipinski definition) is 1. The van der Waals surface area contributed by atoms with Gasteiger partial charge in [-0.3, -0.25) is 9.59 Å². The van der Waals surface area contributed by atoms with Gasteiger partial charge in [-0.15, -0.1) is 0 Å². The maximum Gasteiger partial charge on any atom is 0.262 e. The van der Waals surface area contributed by atoms with Crippen molar-refractivity contribution in [2.75, 3.05) is 11.9 Å². The summed E-state index contributed by atoms with van der Waals surface area (Å²) in [5.41, 5.74) is 2.59. The van der Waals surface area contributed by atoms with Gasteiger partial charge in [-0.25, -0.2) is 0 Å². The van der Waals surface area contributed by atoms with E-state index in [0.29, 0.717) is 22.6 Å². The van der Waals surface area contributed by atoms with E-state index in [9.17, 15) is 9.59 Å². The maximum absolute atomic E-state index is 12.6. The first-order valence-electron chi connectivity index (χ1n) is 6.42. The van der Waals surface area contributed by atoms with E-state index in [1.54, 1.807) is 24.3 Å². The molecular weight excluding hydrogens is 334 g/mol. The molecule has 0 radical (unpaired) electrons. The Kier molecular flexibility index (Phi) is 3.51. The Morgan fingerprint density at radius 1 is 1.24 bits per heavy atom. The topological polar surface area (TPSA) is 55.4 Å². The lowest BCUT2D eigenvalue weighted by Gasteiger charge is -2.18. The third kappa shape index (κ3) is 2.69. The molecule has 0 spiro atoms. The molecule has 1 aliphatic rings. The lowest BCUT2D eigenvalue weighted by molar-refractivity contribution is -0.118. The predicted octanol–water partition coefficient (Wildman–Crippen LogP) is 3.32. The highest BCUT2D eigenvalue weighted by atomic mass is 79.9. The summed E-state index contributed by atoms with van der Waals surface area (Å²) in [6.45, 7) is 1.90. The summed E-state index contributed by atoms with van der Waals surface area (Å²) in [6.07, 6.45) is 0. The second-order valence-corrected chi connectivity index (χ2v) is 5.75. The maximum atomic E-state index is 12.6. The molecule has 1 aliphatic heterocycles. The number of fused-ring (bicyclic) bond motifs is 1. The van der Waals surface area contributed by atoms with E-state index in [1.807, 2.05) is 19.1 Å². The second-order valence-electron chi connectivity index (χ2n) is 4.84. The largest absolute Gasteiger partial charge is 0.482 e. The molecule has 0 bridgehead atoms. The van der Waals surface area contributed by atoms with E-state index in [4.69, 9.17) is 4.74 Å². The molecule has 106 valence electrons. The summed E-state index contributed by atoms with van der Waals surface area (Å²) in [5.74, 6) is 0.285. The van der Waals surface area contributed by atoms with Crippen LogP contribution in [0.5, 0.6) is 5.75 Å². The molecule has 2 aromatic rings. The number of halogens is 1. The van der Waals surface area contributed by atoms with E-state index in [0.717, 1.165) is 10.0 Å². The minimum atomic E-state index is -0.216. The van der Waals surface area contributed by atoms with Gasteiger partial charge in [0.05, 0.1) is 5.69 Å². The molecule has 3 rings (SSSR count). The van der Waals surface area contributed by atoms with E-state index < -0.39 is 0 Å². The van der Waals surface area contributed by atoms with Crippen LogP contribution in [-0.2, 0) is 4.79 Å². The molecule has 1 amide bonds. The number of rotatable bonds is 2. The predicted molar refractivity (Wildman–Crippen MR) is 82.9 cm³/mol. The van der Waals surface area contributed by atoms with Gasteiger partial charge in [-0.1, -0.05) is 15.9 Å². The van der Waals surface area contributed by atoms with Crippen LogP contribution in [0.15, 0.2) is 40.9 Å². The molecule has 21 heavy (non-hydrogen) atoms. The van der Waals surface area contributed by atoms with Gasteiger partial charge in [-0.2, -0.15) is 0 Å². The Morgan fingerprint density at radius 3 is 2.81 bits per heavy atom. The highest BCUT2D eigenvalue weighted by Gasteiger charge is 2.19. The first-order valence-corrected chi connectivity index (χ1v) is 7.21. The number of carbonyl (C=O) groups excluding carboxylic acids is 2. The van der Waals surface area contributed by atoms with Crippen LogP contribution in [0, 0.1) is 6.92 Å². The van der Waals surface area contributed by atoms with Crippen molar-refractivity contribution in [2.45, 2.75) is 6.92 Å². The van der Waals surface area contributed by atoms with Crippen molar-refractivity contribution in [2.24, 2.45) is 0 Å². The monoisotopic (exact) mass is 345 g/mol. The van der Waals surface area contributed by atoms with Crippen LogP contribution >= 0.6 is 15.9 Å². The van der Waals surface area contributed by atoms with Crippen molar-refractivity contribution >= 4 is 33.3 Å². The Labute approximate surface area is 130 Å². The molecule has 0 aromatic heterocycles. The van der Waals surface area contributed by atoms with Gasteiger partial charge in [0.25, 0.3) is 5.91 Å². The molecule has 4 nitrogen and oxygen atoms in total. The number of nitrogens with one attached hydrogen (secondary N) is 1. The van der Waals surface area contributed by atoms with Crippen LogP contribution in [0.4, 0.5) is 5.69 Å². The summed E-state index contributed by atoms with van der Waals surface area (Å²) < 4.78 is 6.22. The zero-order chi connectivity index (χ0) is 15.0. The summed E-state index contributed by atoms with van der Waals surface area (Å²) >= 11 is 3.38. The fraction of sp³-hybridized carbons (Fsp3) is 0.125. The average molecular weight is 346 g/mol. The fourth-order valence-corrected chi connectivity index (χ4v) is 2.74. The third-order valence-corrected chi connectivity index (χ3v) is 3.80. The number of amides is 1. The molecule has 0 saturated carbocycles. The van der Waals surface area contributed by atoms with E-state index >= 15 is 0 Å². The number of hydrogen-bond acceptors (Lipinski definition) is 3. The van der Waals surface area contributed by atoms with Crippen LogP contribution < -0.4 is 10.1 Å². The van der Waals surface area contributed by atoms with Gasteiger partial charge < -0.3 is 10.1 Å². The van der Waals surface area contributed by atoms with Gasteiger partial charge in [0.1, 0.15) is 5.75 Å². The second kappa shape index (κ2) is 5.33. The van der Waals surface area contributed by atoms with Crippen molar-refractivity contribution < 1.29 is 14.3 Å². The molecule has 2 aromatic carbocycles. The third-order valence-electron chi connectivity index (χ3n) is 3.31. The zero-order valence-corrected chi connectivity index (χ0v) is 12.9. The number of ketones is 1. The average Bonchev–Trinajstić information content (AvgIpc) is 2.46. The molecule has 0 atom stereocenters. The van der Waals surface area contributed by atoms with Gasteiger partial charge >= 0.3 is 0 Å². The van der Waals surface area contributed by atoms with Crippen molar-refractivity contribution in [1.82, 2.24) is 0 Å². The number of anilines is 1. The Hall–Kier alpha value is -2.14. The van der Waals surface area contributed by atoms with Crippen LogP contribution in [0.1, 0.15) is 21.5 Å². The van der Waals surface area contributed by atoms with E-state index in [2.05, 4.69) is 21.2 Å². The molecule has 1 heterocycles. The molecule has 5 heteroatoms. The Bertz CT molecular complexity index is 755. The van der Waals surface area contributed by atoms with Gasteiger partial charge in [0, 0.05) is 15.6 Å². The molecule has 0 fully saturated rings. The van der Waals surface area contributed by atoms with Crippen LogP contribution in [-0.4, -0.2) is 18.3 Å². The number of benzene rings is 2. The molecule has 0 unspecified atom stereocenters. The molecular formula is C16H12BrNO3. The normalized spacial score (nSPS) is 13.1. The van der Waals surface area contributed by atoms with Crippen molar-refractivity contribution in [3.05, 3.63) is 57.6 Å². The fourth-order valence-electron chi connectivity index (χ4n) is 2.26. The first kappa shape index (κ1) is 13.8. The highest BCUT2D eigenvalue weighted by Crippen LogP contribution is 2.29. The number of carbonyl (C=O) groups is 2. The van der Waals surface area contributed by atoms with E-state index in [-0.39, 0.29) is 18.3 Å². The Morgan fingerprint density at radius 2 is 2.05 bits per heavy atom. The highest BCUT2D eigenvalue weighted by molar-refractivity contribution is 9.10. The minimum absolute atomic E-state index is 0.00606. The Balaban J connectivity index is 1.98. The first-order chi connectivity index (χ1) is 10.0. The molecule has 0 saturated heterocycles. The summed E-state index contributed by atoms with van der Waals surface area (Å²) in [5, 5.41) is 2.71.